The summed E-state index contributed by atoms with van der Waals surface area (Å²) in [5.74, 6) is -0.449. The van der Waals surface area contributed by atoms with Gasteiger partial charge in [-0.05, 0) is 31.2 Å². The average molecular weight is 385 g/mol. The molecule has 1 saturated heterocycles. The number of amides is 2. The number of carbonyl (C=O) groups is 2. The number of hydrogen-bond acceptors (Lipinski definition) is 4. The van der Waals surface area contributed by atoms with Crippen LogP contribution in [0.3, 0.4) is 0 Å². The molecule has 0 aromatic heterocycles. The van der Waals surface area contributed by atoms with Crippen molar-refractivity contribution in [1.82, 2.24) is 4.90 Å². The maximum atomic E-state index is 12.8. The third-order valence-electron chi connectivity index (χ3n) is 4.59. The van der Waals surface area contributed by atoms with Crippen LogP contribution in [0.2, 0.25) is 0 Å². The highest BCUT2D eigenvalue weighted by Gasteiger charge is 2.36. The number of ether oxygens (including phenoxy) is 1. The van der Waals surface area contributed by atoms with E-state index in [1.165, 1.54) is 0 Å². The van der Waals surface area contributed by atoms with Gasteiger partial charge in [0.05, 0.1) is 24.3 Å². The normalized spacial score (nSPS) is 17.8. The second-order valence-corrected chi connectivity index (χ2v) is 7.77. The Hall–Kier alpha value is -2.31. The van der Waals surface area contributed by atoms with Crippen LogP contribution in [0.15, 0.2) is 64.4 Å². The van der Waals surface area contributed by atoms with Gasteiger partial charge in [-0.1, -0.05) is 42.1 Å². The maximum absolute atomic E-state index is 12.8. The molecule has 27 heavy (non-hydrogen) atoms. The fraction of sp³-hybridized carbons (Fsp3) is 0.333. The van der Waals surface area contributed by atoms with Gasteiger partial charge in [-0.25, -0.2) is 0 Å². The highest BCUT2D eigenvalue weighted by atomic mass is 32.2. The summed E-state index contributed by atoms with van der Waals surface area (Å²) in [7, 11) is 1.61. The zero-order valence-corrected chi connectivity index (χ0v) is 16.4. The number of para-hydroxylation sites is 1. The third kappa shape index (κ3) is 4.90. The summed E-state index contributed by atoms with van der Waals surface area (Å²) in [6.45, 7) is 2.84. The summed E-state index contributed by atoms with van der Waals surface area (Å²) >= 11 is 1.60. The van der Waals surface area contributed by atoms with Crippen molar-refractivity contribution < 1.29 is 14.3 Å². The molecule has 2 atom stereocenters. The highest BCUT2D eigenvalue weighted by Crippen LogP contribution is 2.33. The molecule has 1 aliphatic heterocycles. The van der Waals surface area contributed by atoms with Gasteiger partial charge in [0.1, 0.15) is 0 Å². The molecule has 142 valence electrons. The molecule has 1 N–H and O–H groups in total. The molecule has 0 aliphatic carbocycles. The van der Waals surface area contributed by atoms with E-state index in [4.69, 9.17) is 4.74 Å². The minimum Gasteiger partial charge on any atom is -0.383 e. The maximum Gasteiger partial charge on any atom is 0.229 e. The van der Waals surface area contributed by atoms with Crippen molar-refractivity contribution in [1.29, 1.82) is 0 Å². The minimum atomic E-state index is -0.341. The summed E-state index contributed by atoms with van der Waals surface area (Å²) < 4.78 is 5.13. The molecule has 2 aromatic rings. The van der Waals surface area contributed by atoms with Crippen LogP contribution in [0.25, 0.3) is 0 Å². The number of methoxy groups -OCH3 is 1. The lowest BCUT2D eigenvalue weighted by molar-refractivity contribution is -0.130. The minimum absolute atomic E-state index is 0.00615. The first-order chi connectivity index (χ1) is 13.1. The summed E-state index contributed by atoms with van der Waals surface area (Å²) in [4.78, 5) is 28.8. The summed E-state index contributed by atoms with van der Waals surface area (Å²) in [5, 5.41) is 3.01. The SMILES string of the molecule is COC[C@H](C)N1C[C@H](C(=O)Nc2ccccc2Sc2ccccc2)CC1=O. The van der Waals surface area contributed by atoms with Gasteiger partial charge in [0, 0.05) is 29.9 Å². The number of benzene rings is 2. The first-order valence-corrected chi connectivity index (χ1v) is 9.81. The van der Waals surface area contributed by atoms with E-state index in [1.54, 1.807) is 23.8 Å². The molecule has 2 aromatic carbocycles. The average Bonchev–Trinajstić information content (AvgIpc) is 3.06. The second-order valence-electron chi connectivity index (χ2n) is 6.65. The van der Waals surface area contributed by atoms with Crippen LogP contribution in [-0.4, -0.2) is 43.0 Å². The number of nitrogens with zero attached hydrogens (tertiary/aromatic N) is 1. The third-order valence-corrected chi connectivity index (χ3v) is 5.67. The van der Waals surface area contributed by atoms with Crippen molar-refractivity contribution in [3.8, 4) is 0 Å². The lowest BCUT2D eigenvalue weighted by Crippen LogP contribution is -2.38. The molecular weight excluding hydrogens is 360 g/mol. The van der Waals surface area contributed by atoms with Gasteiger partial charge in [0.15, 0.2) is 0 Å². The van der Waals surface area contributed by atoms with Gasteiger partial charge in [-0.15, -0.1) is 0 Å². The van der Waals surface area contributed by atoms with Crippen LogP contribution in [0.1, 0.15) is 13.3 Å². The Labute approximate surface area is 164 Å². The Bertz CT molecular complexity index is 797. The molecule has 0 unspecified atom stereocenters. The van der Waals surface area contributed by atoms with E-state index < -0.39 is 0 Å². The number of nitrogens with one attached hydrogen (secondary N) is 1. The molecule has 1 heterocycles. The van der Waals surface area contributed by atoms with Crippen LogP contribution >= 0.6 is 11.8 Å². The first kappa shape index (κ1) is 19.5. The van der Waals surface area contributed by atoms with Gasteiger partial charge in [-0.3, -0.25) is 9.59 Å². The molecule has 1 aliphatic rings. The largest absolute Gasteiger partial charge is 0.383 e. The van der Waals surface area contributed by atoms with E-state index in [0.717, 1.165) is 15.5 Å². The van der Waals surface area contributed by atoms with Gasteiger partial charge < -0.3 is 15.0 Å². The molecular formula is C21H24N2O3S. The zero-order valence-electron chi connectivity index (χ0n) is 15.6. The van der Waals surface area contributed by atoms with E-state index >= 15 is 0 Å². The lowest BCUT2D eigenvalue weighted by atomic mass is 10.1. The Morgan fingerprint density at radius 3 is 2.67 bits per heavy atom. The van der Waals surface area contributed by atoms with Crippen LogP contribution in [0, 0.1) is 5.92 Å². The standard InChI is InChI=1S/C21H24N2O3S/c1-15(14-26-2)23-13-16(12-20(23)24)21(25)22-18-10-6-7-11-19(18)27-17-8-4-3-5-9-17/h3-11,15-16H,12-14H2,1-2H3,(H,22,25)/t15-,16+/m0/s1. The second kappa shape index (κ2) is 9.06. The predicted octanol–water partition coefficient (Wildman–Crippen LogP) is 3.66. The van der Waals surface area contributed by atoms with Crippen LogP contribution in [-0.2, 0) is 14.3 Å². The molecule has 5 nitrogen and oxygen atoms in total. The Kier molecular flexibility index (Phi) is 6.53. The summed E-state index contributed by atoms with van der Waals surface area (Å²) in [6, 6.07) is 17.7. The fourth-order valence-electron chi connectivity index (χ4n) is 3.17. The number of hydrogen-bond donors (Lipinski definition) is 1. The van der Waals surface area contributed by atoms with Crippen molar-refractivity contribution in [2.45, 2.75) is 29.2 Å². The molecule has 0 radical (unpaired) electrons. The van der Waals surface area contributed by atoms with Crippen molar-refractivity contribution in [3.05, 3.63) is 54.6 Å². The van der Waals surface area contributed by atoms with E-state index in [-0.39, 0.29) is 30.2 Å². The monoisotopic (exact) mass is 384 g/mol. The fourth-order valence-corrected chi connectivity index (χ4v) is 4.10. The van der Waals surface area contributed by atoms with Crippen LogP contribution in [0.5, 0.6) is 0 Å². The number of rotatable bonds is 7. The highest BCUT2D eigenvalue weighted by molar-refractivity contribution is 7.99. The molecule has 0 saturated carbocycles. The topological polar surface area (TPSA) is 58.6 Å². The van der Waals surface area contributed by atoms with Crippen molar-refractivity contribution in [2.24, 2.45) is 5.92 Å². The quantitative estimate of drug-likeness (QED) is 0.791. The number of anilines is 1. The molecule has 0 bridgehead atoms. The predicted molar refractivity (Wildman–Crippen MR) is 107 cm³/mol. The van der Waals surface area contributed by atoms with E-state index in [9.17, 15) is 9.59 Å². The Balaban J connectivity index is 1.67. The van der Waals surface area contributed by atoms with Gasteiger partial charge in [0.25, 0.3) is 0 Å². The molecule has 3 rings (SSSR count). The lowest BCUT2D eigenvalue weighted by Gasteiger charge is -2.24. The summed E-state index contributed by atoms with van der Waals surface area (Å²) in [6.07, 6.45) is 0.244. The zero-order chi connectivity index (χ0) is 19.2. The number of carbonyl (C=O) groups excluding carboxylic acids is 2. The Morgan fingerprint density at radius 1 is 1.22 bits per heavy atom. The van der Waals surface area contributed by atoms with Crippen LogP contribution in [0.4, 0.5) is 5.69 Å². The van der Waals surface area contributed by atoms with Crippen molar-refractivity contribution >= 4 is 29.3 Å². The smallest absolute Gasteiger partial charge is 0.229 e. The van der Waals surface area contributed by atoms with Crippen molar-refractivity contribution in [2.75, 3.05) is 25.6 Å². The van der Waals surface area contributed by atoms with Gasteiger partial charge in [-0.2, -0.15) is 0 Å². The van der Waals surface area contributed by atoms with E-state index in [2.05, 4.69) is 5.32 Å². The van der Waals surface area contributed by atoms with Crippen LogP contribution < -0.4 is 5.32 Å². The molecule has 2 amide bonds. The van der Waals surface area contributed by atoms with E-state index in [0.29, 0.717) is 13.2 Å². The molecule has 0 spiro atoms. The molecule has 6 heteroatoms. The van der Waals surface area contributed by atoms with Gasteiger partial charge >= 0.3 is 0 Å². The van der Waals surface area contributed by atoms with E-state index in [1.807, 2.05) is 61.5 Å². The number of likely N-dealkylation sites (tertiary alicyclic amines) is 1. The van der Waals surface area contributed by atoms with Crippen molar-refractivity contribution in [3.63, 3.8) is 0 Å². The Morgan fingerprint density at radius 2 is 1.93 bits per heavy atom. The summed E-state index contributed by atoms with van der Waals surface area (Å²) in [5.41, 5.74) is 0.771. The van der Waals surface area contributed by atoms with Gasteiger partial charge in [0.2, 0.25) is 11.8 Å². The first-order valence-electron chi connectivity index (χ1n) is 8.99. The molecule has 1 fully saturated rings.